The topological polar surface area (TPSA) is 95.5 Å². The summed E-state index contributed by atoms with van der Waals surface area (Å²) < 4.78 is 10.1. The van der Waals surface area contributed by atoms with Crippen LogP contribution >= 0.6 is 0 Å². The van der Waals surface area contributed by atoms with Crippen LogP contribution in [-0.2, 0) is 9.47 Å². The highest BCUT2D eigenvalue weighted by atomic mass is 16.6. The third-order valence-electron chi connectivity index (χ3n) is 4.40. The van der Waals surface area contributed by atoms with Crippen LogP contribution in [0.1, 0.15) is 40.5 Å². The lowest BCUT2D eigenvalue weighted by molar-refractivity contribution is 0.0278. The molecule has 1 unspecified atom stereocenters. The molecule has 1 atom stereocenters. The molecule has 0 bridgehead atoms. The molecule has 1 fully saturated rings. The first kappa shape index (κ1) is 23.8. The molecule has 0 aliphatic carbocycles. The van der Waals surface area contributed by atoms with E-state index in [0.29, 0.717) is 26.2 Å². The molecule has 2 amide bonds. The zero-order chi connectivity index (χ0) is 21.3. The fraction of sp³-hybridized carbons (Fsp3) is 0.842. The number of likely N-dealkylation sites (tertiary alicyclic amines) is 1. The lowest BCUT2D eigenvalue weighted by atomic mass is 10.1. The summed E-state index contributed by atoms with van der Waals surface area (Å²) in [4.78, 5) is 31.2. The maximum absolute atomic E-state index is 12.1. The van der Waals surface area contributed by atoms with Crippen molar-refractivity contribution in [2.75, 3.05) is 47.4 Å². The molecule has 0 saturated carbocycles. The molecule has 1 aliphatic heterocycles. The number of hydrogen-bond donors (Lipinski definition) is 2. The van der Waals surface area contributed by atoms with Crippen molar-refractivity contribution < 1.29 is 19.1 Å². The van der Waals surface area contributed by atoms with Gasteiger partial charge in [-0.2, -0.15) is 0 Å². The van der Waals surface area contributed by atoms with E-state index in [1.54, 1.807) is 23.9 Å². The number of carbonyl (C=O) groups is 2. The largest absolute Gasteiger partial charge is 0.453 e. The molecule has 0 aromatic carbocycles. The maximum Gasteiger partial charge on any atom is 0.410 e. The van der Waals surface area contributed by atoms with Crippen molar-refractivity contribution in [1.29, 1.82) is 0 Å². The number of guanidine groups is 1. The van der Waals surface area contributed by atoms with Crippen molar-refractivity contribution >= 4 is 18.1 Å². The van der Waals surface area contributed by atoms with Gasteiger partial charge in [0.05, 0.1) is 7.11 Å². The van der Waals surface area contributed by atoms with Gasteiger partial charge in [0.25, 0.3) is 0 Å². The predicted molar refractivity (Wildman–Crippen MR) is 110 cm³/mol. The first-order valence-electron chi connectivity index (χ1n) is 9.80. The van der Waals surface area contributed by atoms with E-state index in [2.05, 4.69) is 22.5 Å². The second kappa shape index (κ2) is 11.0. The van der Waals surface area contributed by atoms with E-state index in [9.17, 15) is 9.59 Å². The highest BCUT2D eigenvalue weighted by molar-refractivity contribution is 5.80. The number of nitrogens with zero attached hydrogens (tertiary/aromatic N) is 3. The fourth-order valence-corrected chi connectivity index (χ4v) is 2.94. The summed E-state index contributed by atoms with van der Waals surface area (Å²) >= 11 is 0. The van der Waals surface area contributed by atoms with Crippen molar-refractivity contribution in [3.8, 4) is 0 Å². The Labute approximate surface area is 168 Å². The summed E-state index contributed by atoms with van der Waals surface area (Å²) in [6, 6.07) is 0.256. The normalized spacial score (nSPS) is 17.0. The molecule has 0 aromatic rings. The Balaban J connectivity index is 2.36. The van der Waals surface area contributed by atoms with E-state index in [1.807, 2.05) is 20.8 Å². The Bertz CT molecular complexity index is 539. The number of piperidine rings is 1. The molecular weight excluding hydrogens is 362 g/mol. The molecule has 1 aliphatic rings. The summed E-state index contributed by atoms with van der Waals surface area (Å²) in [5.41, 5.74) is -0.498. The summed E-state index contributed by atoms with van der Waals surface area (Å²) in [5, 5.41) is 6.71. The smallest absolute Gasteiger partial charge is 0.410 e. The monoisotopic (exact) mass is 399 g/mol. The number of hydrogen-bond acceptors (Lipinski definition) is 5. The Hall–Kier alpha value is -2.19. The van der Waals surface area contributed by atoms with Gasteiger partial charge < -0.3 is 29.9 Å². The molecule has 162 valence electrons. The van der Waals surface area contributed by atoms with Gasteiger partial charge in [-0.3, -0.25) is 4.99 Å². The molecule has 9 nitrogen and oxygen atoms in total. The first-order valence-corrected chi connectivity index (χ1v) is 9.80. The molecule has 0 spiro atoms. The average molecular weight is 400 g/mol. The number of methoxy groups -OCH3 is 1. The lowest BCUT2D eigenvalue weighted by Crippen LogP contribution is -2.50. The lowest BCUT2D eigenvalue weighted by Gasteiger charge is -2.32. The Kier molecular flexibility index (Phi) is 9.34. The highest BCUT2D eigenvalue weighted by Crippen LogP contribution is 2.12. The maximum atomic E-state index is 12.1. The van der Waals surface area contributed by atoms with Crippen LogP contribution in [0.4, 0.5) is 9.59 Å². The van der Waals surface area contributed by atoms with E-state index in [4.69, 9.17) is 9.47 Å². The van der Waals surface area contributed by atoms with Gasteiger partial charge in [0.15, 0.2) is 5.96 Å². The van der Waals surface area contributed by atoms with Crippen LogP contribution in [0.3, 0.4) is 0 Å². The summed E-state index contributed by atoms with van der Waals surface area (Å²) in [7, 11) is 4.88. The molecule has 9 heteroatoms. The van der Waals surface area contributed by atoms with Crippen molar-refractivity contribution in [3.05, 3.63) is 0 Å². The minimum absolute atomic E-state index is 0.220. The van der Waals surface area contributed by atoms with Crippen molar-refractivity contribution in [3.63, 3.8) is 0 Å². The minimum Gasteiger partial charge on any atom is -0.453 e. The average Bonchev–Trinajstić information content (AvgIpc) is 2.63. The van der Waals surface area contributed by atoms with E-state index >= 15 is 0 Å². The Morgan fingerprint density at radius 1 is 1.29 bits per heavy atom. The van der Waals surface area contributed by atoms with Crippen LogP contribution in [0.15, 0.2) is 4.99 Å². The molecule has 1 heterocycles. The molecule has 2 N–H and O–H groups in total. The second-order valence-corrected chi connectivity index (χ2v) is 8.29. The van der Waals surface area contributed by atoms with Gasteiger partial charge in [-0.05, 0) is 39.5 Å². The summed E-state index contributed by atoms with van der Waals surface area (Å²) in [6.07, 6.45) is 1.09. The minimum atomic E-state index is -0.498. The molecule has 0 aromatic heterocycles. The first-order chi connectivity index (χ1) is 13.1. The Morgan fingerprint density at radius 3 is 2.39 bits per heavy atom. The predicted octanol–water partition coefficient (Wildman–Crippen LogP) is 1.89. The number of amides is 2. The quantitative estimate of drug-likeness (QED) is 0.541. The van der Waals surface area contributed by atoms with Crippen LogP contribution < -0.4 is 10.6 Å². The zero-order valence-electron chi connectivity index (χ0n) is 18.4. The highest BCUT2D eigenvalue weighted by Gasteiger charge is 2.24. The molecule has 0 radical (unpaired) electrons. The van der Waals surface area contributed by atoms with Crippen LogP contribution in [0, 0.1) is 5.92 Å². The van der Waals surface area contributed by atoms with Crippen LogP contribution in [0.25, 0.3) is 0 Å². The van der Waals surface area contributed by atoms with Gasteiger partial charge in [0.1, 0.15) is 5.60 Å². The number of nitrogens with one attached hydrogen (secondary N) is 2. The third-order valence-corrected chi connectivity index (χ3v) is 4.40. The van der Waals surface area contributed by atoms with Gasteiger partial charge in [0, 0.05) is 46.3 Å². The Morgan fingerprint density at radius 2 is 1.89 bits per heavy atom. The standard InChI is InChI=1S/C19H37N5O4/c1-14(13-23(6)17(25)28-19(2,3)4)12-21-16(20-5)22-15-8-10-24(11-9-15)18(26)27-7/h14-15H,8-13H2,1-7H3,(H2,20,21,22). The summed E-state index contributed by atoms with van der Waals surface area (Å²) in [5.74, 6) is 0.945. The van der Waals surface area contributed by atoms with Crippen molar-refractivity contribution in [2.24, 2.45) is 10.9 Å². The van der Waals surface area contributed by atoms with Gasteiger partial charge >= 0.3 is 12.2 Å². The summed E-state index contributed by atoms with van der Waals surface area (Å²) in [6.45, 7) is 10.2. The molecule has 28 heavy (non-hydrogen) atoms. The number of ether oxygens (including phenoxy) is 2. The fourth-order valence-electron chi connectivity index (χ4n) is 2.94. The van der Waals surface area contributed by atoms with Gasteiger partial charge in [-0.15, -0.1) is 0 Å². The zero-order valence-corrected chi connectivity index (χ0v) is 18.4. The second-order valence-electron chi connectivity index (χ2n) is 8.29. The van der Waals surface area contributed by atoms with Crippen molar-refractivity contribution in [1.82, 2.24) is 20.4 Å². The third kappa shape index (κ3) is 8.67. The van der Waals surface area contributed by atoms with Gasteiger partial charge in [-0.1, -0.05) is 6.92 Å². The molecule has 1 rings (SSSR count). The number of carbonyl (C=O) groups excluding carboxylic acids is 2. The van der Waals surface area contributed by atoms with E-state index in [0.717, 1.165) is 18.8 Å². The molecule has 1 saturated heterocycles. The van der Waals surface area contributed by atoms with E-state index in [1.165, 1.54) is 7.11 Å². The van der Waals surface area contributed by atoms with Crippen LogP contribution in [-0.4, -0.2) is 87.0 Å². The molecular formula is C19H37N5O4. The van der Waals surface area contributed by atoms with E-state index in [-0.39, 0.29) is 24.1 Å². The SMILES string of the molecule is CN=C(NCC(C)CN(C)C(=O)OC(C)(C)C)NC1CCN(C(=O)OC)CC1. The van der Waals surface area contributed by atoms with E-state index < -0.39 is 5.60 Å². The van der Waals surface area contributed by atoms with Crippen molar-refractivity contribution in [2.45, 2.75) is 52.2 Å². The number of aliphatic imine (C=N–C) groups is 1. The van der Waals surface area contributed by atoms with Crippen LogP contribution in [0.2, 0.25) is 0 Å². The number of rotatable bonds is 5. The van der Waals surface area contributed by atoms with Gasteiger partial charge in [0.2, 0.25) is 0 Å². The van der Waals surface area contributed by atoms with Crippen LogP contribution in [0.5, 0.6) is 0 Å². The van der Waals surface area contributed by atoms with Gasteiger partial charge in [-0.25, -0.2) is 9.59 Å².